The number of aromatic nitrogens is 1. The lowest BCUT2D eigenvalue weighted by atomic mass is 10.1. The van der Waals surface area contributed by atoms with Crippen molar-refractivity contribution >= 4 is 44.7 Å². The number of fused-ring (bicyclic) bond motifs is 2. The molecule has 0 aliphatic carbocycles. The summed E-state index contributed by atoms with van der Waals surface area (Å²) in [5.74, 6) is 1.01. The molecule has 0 fully saturated rings. The molecule has 1 aliphatic heterocycles. The summed E-state index contributed by atoms with van der Waals surface area (Å²) in [6.07, 6.45) is 3.75. The van der Waals surface area contributed by atoms with Gasteiger partial charge in [-0.1, -0.05) is 15.9 Å². The molecular weight excluding hydrogens is 510 g/mol. The minimum absolute atomic E-state index is 0.214. The molecule has 3 aromatic carbocycles. The summed E-state index contributed by atoms with van der Waals surface area (Å²) in [6, 6.07) is 16.0. The van der Waals surface area contributed by atoms with Crippen molar-refractivity contribution in [2.24, 2.45) is 0 Å². The Kier molecular flexibility index (Phi) is 5.94. The number of rotatable bonds is 5. The number of benzene rings is 3. The molecule has 2 heterocycles. The lowest BCUT2D eigenvalue weighted by Gasteiger charge is -2.10. The average molecular weight is 532 g/mol. The number of hydrogen-bond acceptors (Lipinski definition) is 5. The van der Waals surface area contributed by atoms with E-state index in [0.29, 0.717) is 28.2 Å². The fourth-order valence-electron chi connectivity index (χ4n) is 4.17. The maximum atomic E-state index is 13.1. The largest absolute Gasteiger partial charge is 0.497 e. The monoisotopic (exact) mass is 531 g/mol. The third-order valence-electron chi connectivity index (χ3n) is 6.07. The van der Waals surface area contributed by atoms with Gasteiger partial charge in [-0.05, 0) is 74.5 Å². The number of aryl methyl sites for hydroxylation is 1. The molecule has 4 aromatic rings. The minimum atomic E-state index is -0.484. The first-order valence-electron chi connectivity index (χ1n) is 11.1. The van der Waals surface area contributed by atoms with E-state index in [4.69, 9.17) is 14.2 Å². The third-order valence-corrected chi connectivity index (χ3v) is 6.59. The normalized spacial score (nSPS) is 13.7. The van der Waals surface area contributed by atoms with Crippen LogP contribution in [0.15, 0.2) is 71.0 Å². The predicted molar refractivity (Wildman–Crippen MR) is 137 cm³/mol. The second-order valence-electron chi connectivity index (χ2n) is 8.16. The molecule has 0 spiro atoms. The molecule has 0 radical (unpaired) electrons. The highest BCUT2D eigenvalue weighted by Gasteiger charge is 2.31. The van der Waals surface area contributed by atoms with Crippen LogP contribution in [0.2, 0.25) is 0 Å². The second-order valence-corrected chi connectivity index (χ2v) is 9.07. The van der Waals surface area contributed by atoms with Gasteiger partial charge in [0.2, 0.25) is 5.78 Å². The number of allylic oxidation sites excluding steroid dienone is 1. The van der Waals surface area contributed by atoms with Gasteiger partial charge in [-0.25, -0.2) is 4.79 Å². The Morgan fingerprint density at radius 3 is 2.60 bits per heavy atom. The van der Waals surface area contributed by atoms with Crippen LogP contribution in [-0.2, 0) is 6.54 Å². The maximum Gasteiger partial charge on any atom is 0.343 e. The van der Waals surface area contributed by atoms with Crippen LogP contribution in [0.3, 0.4) is 0 Å². The zero-order valence-electron chi connectivity index (χ0n) is 19.4. The van der Waals surface area contributed by atoms with Crippen molar-refractivity contribution in [1.82, 2.24) is 4.57 Å². The smallest absolute Gasteiger partial charge is 0.343 e. The third kappa shape index (κ3) is 4.12. The molecule has 0 saturated heterocycles. The number of carbonyl (C=O) groups is 2. The van der Waals surface area contributed by atoms with Crippen molar-refractivity contribution in [2.75, 3.05) is 7.11 Å². The molecule has 0 unspecified atom stereocenters. The first-order chi connectivity index (χ1) is 16.9. The Bertz CT molecular complexity index is 1510. The Morgan fingerprint density at radius 1 is 1.11 bits per heavy atom. The van der Waals surface area contributed by atoms with Gasteiger partial charge in [-0.3, -0.25) is 4.79 Å². The van der Waals surface area contributed by atoms with Crippen LogP contribution >= 0.6 is 15.9 Å². The number of ketones is 1. The number of methoxy groups -OCH3 is 1. The summed E-state index contributed by atoms with van der Waals surface area (Å²) < 4.78 is 20.0. The summed E-state index contributed by atoms with van der Waals surface area (Å²) in [6.45, 7) is 4.62. The standard InChI is InChI=1S/C28H22BrNO5/c1-4-30-15-18(22-14-20(33-3)9-11-23(22)30)13-25-26(31)21-10-12-24(16(2)27(21)34-25)35-28(32)17-5-7-19(29)8-6-17/h5-15H,4H2,1-3H3/b25-13-. The highest BCUT2D eigenvalue weighted by Crippen LogP contribution is 2.40. The molecule has 0 N–H and O–H groups in total. The van der Waals surface area contributed by atoms with E-state index in [9.17, 15) is 9.59 Å². The number of halogens is 1. The number of esters is 1. The van der Waals surface area contributed by atoms with Gasteiger partial charge < -0.3 is 18.8 Å². The topological polar surface area (TPSA) is 66.8 Å². The quantitative estimate of drug-likeness (QED) is 0.165. The molecule has 1 aromatic heterocycles. The molecule has 7 heteroatoms. The van der Waals surface area contributed by atoms with Crippen molar-refractivity contribution < 1.29 is 23.8 Å². The molecule has 0 atom stereocenters. The van der Waals surface area contributed by atoms with E-state index < -0.39 is 5.97 Å². The molecular formula is C28H22BrNO5. The number of hydrogen-bond donors (Lipinski definition) is 0. The maximum absolute atomic E-state index is 13.1. The van der Waals surface area contributed by atoms with E-state index >= 15 is 0 Å². The van der Waals surface area contributed by atoms with E-state index in [1.807, 2.05) is 24.4 Å². The van der Waals surface area contributed by atoms with Gasteiger partial charge in [-0.2, -0.15) is 0 Å². The highest BCUT2D eigenvalue weighted by molar-refractivity contribution is 9.10. The summed E-state index contributed by atoms with van der Waals surface area (Å²) in [4.78, 5) is 25.7. The lowest BCUT2D eigenvalue weighted by molar-refractivity contribution is 0.0733. The second kappa shape index (κ2) is 9.07. The van der Waals surface area contributed by atoms with Crippen LogP contribution in [0.1, 0.15) is 38.8 Å². The molecule has 0 saturated carbocycles. The Balaban J connectivity index is 1.47. The Hall–Kier alpha value is -3.84. The SMILES string of the molecule is CCn1cc(/C=C2\Oc3c(ccc(OC(=O)c4ccc(Br)cc4)c3C)C2=O)c2cc(OC)ccc21. The van der Waals surface area contributed by atoms with Crippen LogP contribution in [-0.4, -0.2) is 23.4 Å². The van der Waals surface area contributed by atoms with Gasteiger partial charge >= 0.3 is 5.97 Å². The van der Waals surface area contributed by atoms with Gasteiger partial charge in [0.05, 0.1) is 18.2 Å². The zero-order valence-corrected chi connectivity index (χ0v) is 21.0. The van der Waals surface area contributed by atoms with Crippen molar-refractivity contribution in [2.45, 2.75) is 20.4 Å². The number of Topliss-reactive ketones (excluding diaryl/α,β-unsaturated/α-hetero) is 1. The van der Waals surface area contributed by atoms with Gasteiger partial charge in [0, 0.05) is 39.2 Å². The van der Waals surface area contributed by atoms with E-state index in [2.05, 4.69) is 27.4 Å². The summed E-state index contributed by atoms with van der Waals surface area (Å²) in [5.41, 5.74) is 3.35. The number of ether oxygens (including phenoxy) is 3. The van der Waals surface area contributed by atoms with Gasteiger partial charge in [0.25, 0.3) is 0 Å². The summed E-state index contributed by atoms with van der Waals surface area (Å²) in [7, 11) is 1.63. The van der Waals surface area contributed by atoms with Gasteiger partial charge in [-0.15, -0.1) is 0 Å². The molecule has 35 heavy (non-hydrogen) atoms. The van der Waals surface area contributed by atoms with Crippen molar-refractivity contribution in [3.8, 4) is 17.2 Å². The number of carbonyl (C=O) groups excluding carboxylic acids is 2. The molecule has 0 amide bonds. The van der Waals surface area contributed by atoms with Crippen LogP contribution in [0.5, 0.6) is 17.2 Å². The zero-order chi connectivity index (χ0) is 24.7. The first-order valence-corrected chi connectivity index (χ1v) is 11.9. The van der Waals surface area contributed by atoms with Crippen LogP contribution in [0.4, 0.5) is 0 Å². The number of nitrogens with zero attached hydrogens (tertiary/aromatic N) is 1. The molecule has 5 rings (SSSR count). The van der Waals surface area contributed by atoms with Crippen LogP contribution < -0.4 is 14.2 Å². The van der Waals surface area contributed by atoms with Gasteiger partial charge in [0.1, 0.15) is 17.2 Å². The lowest BCUT2D eigenvalue weighted by Crippen LogP contribution is -2.09. The summed E-state index contributed by atoms with van der Waals surface area (Å²) in [5, 5.41) is 0.965. The van der Waals surface area contributed by atoms with Gasteiger partial charge in [0.15, 0.2) is 5.76 Å². The van der Waals surface area contributed by atoms with Crippen LogP contribution in [0, 0.1) is 6.92 Å². The summed E-state index contributed by atoms with van der Waals surface area (Å²) >= 11 is 3.35. The molecule has 0 bridgehead atoms. The molecule has 6 nitrogen and oxygen atoms in total. The van der Waals surface area contributed by atoms with E-state index in [-0.39, 0.29) is 11.5 Å². The highest BCUT2D eigenvalue weighted by atomic mass is 79.9. The molecule has 176 valence electrons. The Morgan fingerprint density at radius 2 is 1.89 bits per heavy atom. The Labute approximate surface area is 210 Å². The average Bonchev–Trinajstić information content (AvgIpc) is 3.38. The van der Waals surface area contributed by atoms with E-state index in [1.54, 1.807) is 56.5 Å². The first kappa shape index (κ1) is 22.9. The van der Waals surface area contributed by atoms with Crippen molar-refractivity contribution in [1.29, 1.82) is 0 Å². The van der Waals surface area contributed by atoms with Crippen molar-refractivity contribution in [3.63, 3.8) is 0 Å². The van der Waals surface area contributed by atoms with Crippen LogP contribution in [0.25, 0.3) is 17.0 Å². The fourth-order valence-corrected chi connectivity index (χ4v) is 4.44. The molecule has 1 aliphatic rings. The minimum Gasteiger partial charge on any atom is -0.497 e. The predicted octanol–water partition coefficient (Wildman–Crippen LogP) is 6.58. The van der Waals surface area contributed by atoms with E-state index in [1.165, 1.54) is 0 Å². The van der Waals surface area contributed by atoms with Crippen molar-refractivity contribution in [3.05, 3.63) is 93.3 Å². The fraction of sp³-hybridized carbons (Fsp3) is 0.143. The van der Waals surface area contributed by atoms with E-state index in [0.717, 1.165) is 33.2 Å².